The van der Waals surface area contributed by atoms with Gasteiger partial charge in [0.15, 0.2) is 0 Å². The third-order valence-corrected chi connectivity index (χ3v) is 6.57. The average molecular weight is 411 g/mol. The maximum Gasteiger partial charge on any atom is 0.134 e. The summed E-state index contributed by atoms with van der Waals surface area (Å²) in [6.07, 6.45) is 3.52. The van der Waals surface area contributed by atoms with Crippen molar-refractivity contribution in [1.29, 1.82) is 5.26 Å². The summed E-state index contributed by atoms with van der Waals surface area (Å²) in [5, 5.41) is 20.3. The third kappa shape index (κ3) is 4.14. The van der Waals surface area contributed by atoms with E-state index in [1.54, 1.807) is 12.1 Å². The zero-order valence-corrected chi connectivity index (χ0v) is 17.7. The van der Waals surface area contributed by atoms with E-state index in [1.807, 2.05) is 6.07 Å². The standard InChI is InChI=1S/C24H27ClN2O2/c1-15(2)16-4-10-22-18(11-16)14-27(24(22)28)19-5-8-20(9-6-19)29-21-7-3-17(13-26)23(25)12-21/h3-4,7,10-12,15,19-20,24,28H,5-6,8-9,14H2,1-2H3/t19-,20-,24?. The third-order valence-electron chi connectivity index (χ3n) is 6.26. The molecule has 5 heteroatoms. The maximum absolute atomic E-state index is 10.9. The van der Waals surface area contributed by atoms with Crippen LogP contribution in [-0.4, -0.2) is 22.2 Å². The van der Waals surface area contributed by atoms with Crippen molar-refractivity contribution in [2.45, 2.75) is 70.4 Å². The molecule has 1 fully saturated rings. The fraction of sp³-hybridized carbons (Fsp3) is 0.458. The van der Waals surface area contributed by atoms with Crippen LogP contribution in [0, 0.1) is 11.3 Å². The molecular formula is C24H27ClN2O2. The Bertz CT molecular complexity index is 929. The van der Waals surface area contributed by atoms with Crippen LogP contribution in [0.15, 0.2) is 36.4 Å². The summed E-state index contributed by atoms with van der Waals surface area (Å²) in [6, 6.07) is 14.2. The normalized spacial score (nSPS) is 24.3. The minimum absolute atomic E-state index is 0.143. The van der Waals surface area contributed by atoms with E-state index in [-0.39, 0.29) is 6.10 Å². The van der Waals surface area contributed by atoms with E-state index >= 15 is 0 Å². The number of aliphatic hydroxyl groups is 1. The highest BCUT2D eigenvalue weighted by atomic mass is 35.5. The minimum atomic E-state index is -0.508. The zero-order chi connectivity index (χ0) is 20.5. The molecule has 1 aliphatic carbocycles. The molecule has 1 aliphatic heterocycles. The number of ether oxygens (including phenoxy) is 1. The van der Waals surface area contributed by atoms with Crippen LogP contribution < -0.4 is 4.74 Å². The van der Waals surface area contributed by atoms with Crippen molar-refractivity contribution >= 4 is 11.6 Å². The Morgan fingerprint density at radius 1 is 1.14 bits per heavy atom. The Morgan fingerprint density at radius 2 is 1.90 bits per heavy atom. The lowest BCUT2D eigenvalue weighted by Crippen LogP contribution is -2.39. The Kier molecular flexibility index (Phi) is 5.83. The molecule has 1 N–H and O–H groups in total. The second kappa shape index (κ2) is 8.36. The SMILES string of the molecule is CC(C)c1ccc2c(c1)CN([C@H]1CC[C@H](Oc3ccc(C#N)c(Cl)c3)CC1)C2O. The van der Waals surface area contributed by atoms with Crippen LogP contribution in [0.1, 0.15) is 73.9 Å². The van der Waals surface area contributed by atoms with Crippen molar-refractivity contribution in [2.24, 2.45) is 0 Å². The maximum atomic E-state index is 10.9. The van der Waals surface area contributed by atoms with Crippen molar-refractivity contribution in [3.05, 3.63) is 63.7 Å². The molecule has 4 nitrogen and oxygen atoms in total. The van der Waals surface area contributed by atoms with E-state index < -0.39 is 6.23 Å². The van der Waals surface area contributed by atoms with Crippen molar-refractivity contribution < 1.29 is 9.84 Å². The van der Waals surface area contributed by atoms with Crippen molar-refractivity contribution in [3.63, 3.8) is 0 Å². The van der Waals surface area contributed by atoms with Gasteiger partial charge in [0.1, 0.15) is 18.0 Å². The van der Waals surface area contributed by atoms with Gasteiger partial charge in [-0.25, -0.2) is 0 Å². The summed E-state index contributed by atoms with van der Waals surface area (Å²) in [6.45, 7) is 5.22. The molecule has 0 amide bonds. The van der Waals surface area contributed by atoms with Crippen LogP contribution in [0.3, 0.4) is 0 Å². The molecule has 1 saturated carbocycles. The van der Waals surface area contributed by atoms with Gasteiger partial charge in [-0.15, -0.1) is 0 Å². The number of hydrogen-bond acceptors (Lipinski definition) is 4. The molecule has 0 bridgehead atoms. The number of fused-ring (bicyclic) bond motifs is 1. The van der Waals surface area contributed by atoms with Gasteiger partial charge in [0, 0.05) is 18.7 Å². The van der Waals surface area contributed by atoms with Crippen molar-refractivity contribution in [1.82, 2.24) is 4.90 Å². The van der Waals surface area contributed by atoms with E-state index in [9.17, 15) is 5.11 Å². The van der Waals surface area contributed by atoms with Crippen molar-refractivity contribution in [2.75, 3.05) is 0 Å². The van der Waals surface area contributed by atoms with E-state index in [1.165, 1.54) is 11.1 Å². The van der Waals surface area contributed by atoms with Crippen LogP contribution in [-0.2, 0) is 6.54 Å². The largest absolute Gasteiger partial charge is 0.490 e. The van der Waals surface area contributed by atoms with Gasteiger partial charge in [-0.2, -0.15) is 5.26 Å². The number of hydrogen-bond donors (Lipinski definition) is 1. The smallest absolute Gasteiger partial charge is 0.134 e. The predicted octanol–water partition coefficient (Wildman–Crippen LogP) is 5.53. The van der Waals surface area contributed by atoms with Gasteiger partial charge in [0.2, 0.25) is 0 Å². The lowest BCUT2D eigenvalue weighted by Gasteiger charge is -2.36. The Labute approximate surface area is 177 Å². The first-order chi connectivity index (χ1) is 14.0. The number of rotatable bonds is 4. The van der Waals surface area contributed by atoms with Crippen LogP contribution in [0.25, 0.3) is 0 Å². The minimum Gasteiger partial charge on any atom is -0.490 e. The highest BCUT2D eigenvalue weighted by Gasteiger charge is 2.36. The molecule has 2 aromatic carbocycles. The number of benzene rings is 2. The summed E-state index contributed by atoms with van der Waals surface area (Å²) in [7, 11) is 0. The monoisotopic (exact) mass is 410 g/mol. The zero-order valence-electron chi connectivity index (χ0n) is 16.9. The second-order valence-electron chi connectivity index (χ2n) is 8.46. The highest BCUT2D eigenvalue weighted by molar-refractivity contribution is 6.31. The molecule has 0 radical (unpaired) electrons. The number of nitrogens with zero attached hydrogens (tertiary/aromatic N) is 2. The fourth-order valence-corrected chi connectivity index (χ4v) is 4.72. The number of nitriles is 1. The Morgan fingerprint density at radius 3 is 2.55 bits per heavy atom. The highest BCUT2D eigenvalue weighted by Crippen LogP contribution is 2.39. The first-order valence-corrected chi connectivity index (χ1v) is 10.8. The molecule has 152 valence electrons. The fourth-order valence-electron chi connectivity index (χ4n) is 4.51. The topological polar surface area (TPSA) is 56.5 Å². The Balaban J connectivity index is 1.36. The molecule has 0 spiro atoms. The quantitative estimate of drug-likeness (QED) is 0.719. The lowest BCUT2D eigenvalue weighted by atomic mass is 9.91. The molecule has 1 heterocycles. The van der Waals surface area contributed by atoms with Gasteiger partial charge in [0.05, 0.1) is 16.7 Å². The van der Waals surface area contributed by atoms with Gasteiger partial charge in [-0.1, -0.05) is 43.6 Å². The van der Waals surface area contributed by atoms with E-state index in [0.29, 0.717) is 28.3 Å². The average Bonchev–Trinajstić information content (AvgIpc) is 3.05. The van der Waals surface area contributed by atoms with Crippen LogP contribution in [0.2, 0.25) is 5.02 Å². The van der Waals surface area contributed by atoms with E-state index in [0.717, 1.165) is 37.8 Å². The molecule has 1 atom stereocenters. The van der Waals surface area contributed by atoms with Crippen LogP contribution >= 0.6 is 11.6 Å². The Hall–Kier alpha value is -2.06. The summed E-state index contributed by atoms with van der Waals surface area (Å²) >= 11 is 6.11. The molecule has 1 unspecified atom stereocenters. The predicted molar refractivity (Wildman–Crippen MR) is 114 cm³/mol. The summed E-state index contributed by atoms with van der Waals surface area (Å²) in [4.78, 5) is 2.24. The van der Waals surface area contributed by atoms with Gasteiger partial charge in [0.25, 0.3) is 0 Å². The number of aliphatic hydroxyl groups excluding tert-OH is 1. The van der Waals surface area contributed by atoms with Crippen LogP contribution in [0.5, 0.6) is 5.75 Å². The van der Waals surface area contributed by atoms with Crippen molar-refractivity contribution in [3.8, 4) is 11.8 Å². The van der Waals surface area contributed by atoms with Gasteiger partial charge in [-0.3, -0.25) is 4.90 Å². The molecule has 29 heavy (non-hydrogen) atoms. The lowest BCUT2D eigenvalue weighted by molar-refractivity contribution is -0.0357. The van der Waals surface area contributed by atoms with Gasteiger partial charge < -0.3 is 9.84 Å². The van der Waals surface area contributed by atoms with Gasteiger partial charge >= 0.3 is 0 Å². The van der Waals surface area contributed by atoms with E-state index in [4.69, 9.17) is 21.6 Å². The molecule has 2 aliphatic rings. The summed E-state index contributed by atoms with van der Waals surface area (Å²) in [5.74, 6) is 1.21. The second-order valence-corrected chi connectivity index (χ2v) is 8.87. The molecule has 4 rings (SSSR count). The van der Waals surface area contributed by atoms with Crippen LogP contribution in [0.4, 0.5) is 0 Å². The van der Waals surface area contributed by atoms with Gasteiger partial charge in [-0.05, 0) is 60.4 Å². The molecular weight excluding hydrogens is 384 g/mol. The summed E-state index contributed by atoms with van der Waals surface area (Å²) < 4.78 is 6.10. The molecule has 0 aromatic heterocycles. The number of halogens is 1. The first-order valence-electron chi connectivity index (χ1n) is 10.4. The van der Waals surface area contributed by atoms with E-state index in [2.05, 4.69) is 43.0 Å². The summed E-state index contributed by atoms with van der Waals surface area (Å²) in [5.41, 5.74) is 4.11. The molecule has 0 saturated heterocycles. The first kappa shape index (κ1) is 20.2. The molecule has 2 aromatic rings.